The third kappa shape index (κ3) is 4.20. The lowest BCUT2D eigenvalue weighted by Crippen LogP contribution is -2.44. The van der Waals surface area contributed by atoms with Gasteiger partial charge in [-0.05, 0) is 50.6 Å². The Morgan fingerprint density at radius 3 is 2.69 bits per heavy atom. The van der Waals surface area contributed by atoms with Crippen LogP contribution in [0.4, 0.5) is 16.3 Å². The van der Waals surface area contributed by atoms with Crippen LogP contribution in [-0.4, -0.2) is 71.4 Å². The number of rotatable bonds is 4. The molecule has 0 aliphatic carbocycles. The second-order valence-corrected chi connectivity index (χ2v) is 8.95. The Morgan fingerprint density at radius 1 is 1.03 bits per heavy atom. The van der Waals surface area contributed by atoms with Crippen molar-refractivity contribution in [3.63, 3.8) is 0 Å². The molecular weight excluding hydrogens is 404 g/mol. The Kier molecular flexibility index (Phi) is 5.80. The Bertz CT molecular complexity index is 1020. The van der Waals surface area contributed by atoms with Crippen LogP contribution in [0.15, 0.2) is 36.4 Å². The molecule has 2 N–H and O–H groups in total. The number of aromatic nitrogens is 1. The van der Waals surface area contributed by atoms with E-state index in [0.717, 1.165) is 69.8 Å². The summed E-state index contributed by atoms with van der Waals surface area (Å²) in [6.07, 6.45) is 3.07. The van der Waals surface area contributed by atoms with E-state index in [4.69, 9.17) is 0 Å². The van der Waals surface area contributed by atoms with E-state index in [-0.39, 0.29) is 18.0 Å². The largest absolute Gasteiger partial charge is 0.331 e. The van der Waals surface area contributed by atoms with Crippen LogP contribution in [0.1, 0.15) is 46.9 Å². The third-order valence-corrected chi connectivity index (χ3v) is 6.71. The number of amides is 3. The molecule has 2 saturated heterocycles. The van der Waals surface area contributed by atoms with Gasteiger partial charge >= 0.3 is 6.03 Å². The van der Waals surface area contributed by atoms with Gasteiger partial charge in [-0.2, -0.15) is 0 Å². The summed E-state index contributed by atoms with van der Waals surface area (Å²) >= 11 is 0. The first-order chi connectivity index (χ1) is 15.6. The van der Waals surface area contributed by atoms with Gasteiger partial charge in [0.2, 0.25) is 0 Å². The summed E-state index contributed by atoms with van der Waals surface area (Å²) in [5, 5.41) is 5.83. The molecule has 2 aromatic rings. The molecule has 8 heteroatoms. The fourth-order valence-electron chi connectivity index (χ4n) is 4.99. The van der Waals surface area contributed by atoms with Crippen molar-refractivity contribution in [1.82, 2.24) is 19.7 Å². The topological polar surface area (TPSA) is 80.8 Å². The van der Waals surface area contributed by atoms with Gasteiger partial charge in [-0.25, -0.2) is 9.78 Å². The highest BCUT2D eigenvalue weighted by atomic mass is 16.2. The SMILES string of the molecule is CN1CCN(Cc2cccc(NC(=O)Nc3cccc4c3C3CCCCN3C4=O)n2)CC1. The fraction of sp³-hybridized carbons (Fsp3) is 0.458. The summed E-state index contributed by atoms with van der Waals surface area (Å²) in [5.74, 6) is 0.601. The van der Waals surface area contributed by atoms with Crippen LogP contribution < -0.4 is 10.6 Å². The predicted octanol–water partition coefficient (Wildman–Crippen LogP) is 3.15. The third-order valence-electron chi connectivity index (χ3n) is 6.71. The molecule has 5 rings (SSSR count). The van der Waals surface area contributed by atoms with E-state index in [2.05, 4.69) is 32.5 Å². The predicted molar refractivity (Wildman–Crippen MR) is 124 cm³/mol. The second kappa shape index (κ2) is 8.88. The van der Waals surface area contributed by atoms with Gasteiger partial charge in [0, 0.05) is 56.1 Å². The van der Waals surface area contributed by atoms with E-state index in [0.29, 0.717) is 17.1 Å². The zero-order valence-electron chi connectivity index (χ0n) is 18.5. The molecule has 1 unspecified atom stereocenters. The molecule has 3 aliphatic heterocycles. The van der Waals surface area contributed by atoms with E-state index in [1.807, 2.05) is 35.2 Å². The Morgan fingerprint density at radius 2 is 1.84 bits per heavy atom. The number of fused-ring (bicyclic) bond motifs is 3. The van der Waals surface area contributed by atoms with Crippen molar-refractivity contribution in [1.29, 1.82) is 0 Å². The number of nitrogens with zero attached hydrogens (tertiary/aromatic N) is 4. The van der Waals surface area contributed by atoms with Gasteiger partial charge in [0.05, 0.1) is 11.7 Å². The molecule has 0 radical (unpaired) electrons. The molecule has 2 fully saturated rings. The van der Waals surface area contributed by atoms with Crippen LogP contribution >= 0.6 is 0 Å². The van der Waals surface area contributed by atoms with Crippen molar-refractivity contribution in [2.24, 2.45) is 0 Å². The van der Waals surface area contributed by atoms with Crippen molar-refractivity contribution in [3.05, 3.63) is 53.2 Å². The van der Waals surface area contributed by atoms with Crippen molar-refractivity contribution >= 4 is 23.4 Å². The highest BCUT2D eigenvalue weighted by Crippen LogP contribution is 2.43. The zero-order chi connectivity index (χ0) is 22.1. The normalized spacial score (nSPS) is 21.2. The molecule has 168 valence electrons. The minimum absolute atomic E-state index is 0.0628. The van der Waals surface area contributed by atoms with Gasteiger partial charge in [-0.15, -0.1) is 0 Å². The van der Waals surface area contributed by atoms with Crippen molar-refractivity contribution in [2.45, 2.75) is 31.8 Å². The lowest BCUT2D eigenvalue weighted by Gasteiger charge is -2.32. The van der Waals surface area contributed by atoms with Crippen LogP contribution in [0.3, 0.4) is 0 Å². The highest BCUT2D eigenvalue weighted by Gasteiger charge is 2.39. The number of piperidine rings is 1. The van der Waals surface area contributed by atoms with Crippen LogP contribution in [0.25, 0.3) is 0 Å². The number of pyridine rings is 1. The second-order valence-electron chi connectivity index (χ2n) is 8.95. The van der Waals surface area contributed by atoms with Gasteiger partial charge in [-0.3, -0.25) is 15.0 Å². The van der Waals surface area contributed by atoms with Gasteiger partial charge in [0.25, 0.3) is 5.91 Å². The number of nitrogens with one attached hydrogen (secondary N) is 2. The molecule has 1 aromatic carbocycles. The molecule has 1 atom stereocenters. The maximum absolute atomic E-state index is 12.8. The number of urea groups is 1. The molecule has 4 heterocycles. The molecule has 32 heavy (non-hydrogen) atoms. The maximum Gasteiger partial charge on any atom is 0.324 e. The lowest BCUT2D eigenvalue weighted by molar-refractivity contribution is 0.0672. The van der Waals surface area contributed by atoms with Gasteiger partial charge < -0.3 is 15.1 Å². The van der Waals surface area contributed by atoms with E-state index in [1.54, 1.807) is 6.07 Å². The van der Waals surface area contributed by atoms with Crippen LogP contribution in [0.5, 0.6) is 0 Å². The molecule has 3 aliphatic rings. The number of piperazine rings is 1. The summed E-state index contributed by atoms with van der Waals surface area (Å²) in [6, 6.07) is 11.0. The summed E-state index contributed by atoms with van der Waals surface area (Å²) < 4.78 is 0. The summed E-state index contributed by atoms with van der Waals surface area (Å²) in [7, 11) is 2.14. The van der Waals surface area contributed by atoms with Crippen molar-refractivity contribution < 1.29 is 9.59 Å². The molecule has 0 spiro atoms. The number of carbonyl (C=O) groups excluding carboxylic acids is 2. The van der Waals surface area contributed by atoms with E-state index in [1.165, 1.54) is 0 Å². The lowest BCUT2D eigenvalue weighted by atomic mass is 9.96. The Hall–Kier alpha value is -2.97. The number of benzene rings is 1. The van der Waals surface area contributed by atoms with E-state index < -0.39 is 0 Å². The van der Waals surface area contributed by atoms with Gasteiger partial charge in [0.15, 0.2) is 0 Å². The average Bonchev–Trinajstić information content (AvgIpc) is 3.09. The Balaban J connectivity index is 1.26. The number of likely N-dealkylation sites (N-methyl/N-ethyl adjacent to an activating group) is 1. The van der Waals surface area contributed by atoms with Gasteiger partial charge in [0.1, 0.15) is 5.82 Å². The standard InChI is InChI=1S/C24H30N6O2/c1-28-12-14-29(15-13-28)16-17-6-4-10-21(25-17)27-24(32)26-19-8-5-7-18-22(19)20-9-2-3-11-30(20)23(18)31/h4-8,10,20H,2-3,9,11-16H2,1H3,(H2,25,26,27,32). The molecule has 8 nitrogen and oxygen atoms in total. The van der Waals surface area contributed by atoms with E-state index in [9.17, 15) is 9.59 Å². The number of anilines is 2. The van der Waals surface area contributed by atoms with Crippen molar-refractivity contribution in [3.8, 4) is 0 Å². The van der Waals surface area contributed by atoms with Crippen LogP contribution in [-0.2, 0) is 6.54 Å². The molecule has 0 saturated carbocycles. The minimum Gasteiger partial charge on any atom is -0.331 e. The molecule has 3 amide bonds. The molecule has 1 aromatic heterocycles. The van der Waals surface area contributed by atoms with Crippen LogP contribution in [0, 0.1) is 0 Å². The minimum atomic E-state index is -0.343. The van der Waals surface area contributed by atoms with E-state index >= 15 is 0 Å². The zero-order valence-corrected chi connectivity index (χ0v) is 18.5. The summed E-state index contributed by atoms with van der Waals surface area (Å²) in [5.41, 5.74) is 3.30. The average molecular weight is 435 g/mol. The van der Waals surface area contributed by atoms with Crippen molar-refractivity contribution in [2.75, 3.05) is 50.4 Å². The smallest absolute Gasteiger partial charge is 0.324 e. The monoisotopic (exact) mass is 434 g/mol. The number of hydrogen-bond donors (Lipinski definition) is 2. The number of carbonyl (C=O) groups is 2. The first-order valence-electron chi connectivity index (χ1n) is 11.5. The summed E-state index contributed by atoms with van der Waals surface area (Å²) in [4.78, 5) is 36.8. The van der Waals surface area contributed by atoms with Crippen LogP contribution in [0.2, 0.25) is 0 Å². The summed E-state index contributed by atoms with van der Waals surface area (Å²) in [6.45, 7) is 5.72. The first-order valence-corrected chi connectivity index (χ1v) is 11.5. The number of hydrogen-bond acceptors (Lipinski definition) is 5. The Labute approximate surface area is 188 Å². The fourth-order valence-corrected chi connectivity index (χ4v) is 4.99. The molecular formula is C24H30N6O2. The molecule has 0 bridgehead atoms. The quantitative estimate of drug-likeness (QED) is 0.773. The van der Waals surface area contributed by atoms with Gasteiger partial charge in [-0.1, -0.05) is 12.1 Å². The first kappa shape index (κ1) is 20.9. The highest BCUT2D eigenvalue weighted by molar-refractivity contribution is 6.04. The maximum atomic E-state index is 12.8.